The van der Waals surface area contributed by atoms with Crippen LogP contribution in [-0.2, 0) is 9.59 Å². The monoisotopic (exact) mass is 351 g/mol. The number of urea groups is 1. The van der Waals surface area contributed by atoms with Crippen LogP contribution in [0.25, 0.3) is 0 Å². The second-order valence-corrected chi connectivity index (χ2v) is 6.51. The van der Waals surface area contributed by atoms with Gasteiger partial charge in [-0.05, 0) is 44.0 Å². The minimum absolute atomic E-state index is 0.0171. The summed E-state index contributed by atoms with van der Waals surface area (Å²) in [5.74, 6) is -1.93. The van der Waals surface area contributed by atoms with Crippen molar-refractivity contribution in [1.82, 2.24) is 5.32 Å². The maximum atomic E-state index is 12.8. The van der Waals surface area contributed by atoms with Crippen molar-refractivity contribution < 1.29 is 14.4 Å². The SMILES string of the molecule is Cc1cc(C)c(NC(=O)C2CNC(=O)N(c3ccccc3)C2=O)c(C)c1. The molecule has 0 saturated carbocycles. The van der Waals surface area contributed by atoms with E-state index >= 15 is 0 Å². The molecule has 0 spiro atoms. The zero-order chi connectivity index (χ0) is 18.8. The number of nitrogens with zero attached hydrogens (tertiary/aromatic N) is 1. The third-order valence-corrected chi connectivity index (χ3v) is 4.44. The minimum atomic E-state index is -0.979. The van der Waals surface area contributed by atoms with Gasteiger partial charge in [0.1, 0.15) is 5.92 Å². The van der Waals surface area contributed by atoms with E-state index in [1.165, 1.54) is 0 Å². The van der Waals surface area contributed by atoms with E-state index in [2.05, 4.69) is 10.6 Å². The highest BCUT2D eigenvalue weighted by Gasteiger charge is 2.39. The highest BCUT2D eigenvalue weighted by atomic mass is 16.2. The predicted octanol–water partition coefficient (Wildman–Crippen LogP) is 2.92. The van der Waals surface area contributed by atoms with E-state index < -0.39 is 23.8 Å². The normalized spacial score (nSPS) is 17.0. The molecule has 2 aromatic carbocycles. The van der Waals surface area contributed by atoms with E-state index in [9.17, 15) is 14.4 Å². The van der Waals surface area contributed by atoms with Gasteiger partial charge in [0, 0.05) is 12.2 Å². The van der Waals surface area contributed by atoms with Crippen molar-refractivity contribution in [3.8, 4) is 0 Å². The molecule has 4 amide bonds. The van der Waals surface area contributed by atoms with Gasteiger partial charge in [0.05, 0.1) is 5.69 Å². The number of hydrogen-bond acceptors (Lipinski definition) is 3. The van der Waals surface area contributed by atoms with E-state index in [1.807, 2.05) is 32.9 Å². The molecule has 0 aliphatic carbocycles. The quantitative estimate of drug-likeness (QED) is 0.835. The second-order valence-electron chi connectivity index (χ2n) is 6.51. The van der Waals surface area contributed by atoms with Crippen LogP contribution < -0.4 is 15.5 Å². The average molecular weight is 351 g/mol. The molecule has 3 rings (SSSR count). The standard InChI is InChI=1S/C20H21N3O3/c1-12-9-13(2)17(14(3)10-12)22-18(24)16-11-21-20(26)23(19(16)25)15-7-5-4-6-8-15/h4-10,16H,11H2,1-3H3,(H,21,26)(H,22,24). The van der Waals surface area contributed by atoms with Crippen molar-refractivity contribution in [1.29, 1.82) is 0 Å². The van der Waals surface area contributed by atoms with Gasteiger partial charge in [-0.2, -0.15) is 0 Å². The van der Waals surface area contributed by atoms with Gasteiger partial charge < -0.3 is 10.6 Å². The first-order chi connectivity index (χ1) is 12.4. The Kier molecular flexibility index (Phi) is 4.75. The smallest absolute Gasteiger partial charge is 0.328 e. The second kappa shape index (κ2) is 7.00. The Labute approximate surface area is 152 Å². The van der Waals surface area contributed by atoms with Crippen molar-refractivity contribution in [2.75, 3.05) is 16.8 Å². The summed E-state index contributed by atoms with van der Waals surface area (Å²) in [7, 11) is 0. The minimum Gasteiger partial charge on any atom is -0.336 e. The lowest BCUT2D eigenvalue weighted by atomic mass is 10.0. The van der Waals surface area contributed by atoms with Gasteiger partial charge in [0.15, 0.2) is 0 Å². The molecule has 0 radical (unpaired) electrons. The maximum Gasteiger partial charge on any atom is 0.328 e. The van der Waals surface area contributed by atoms with E-state index in [-0.39, 0.29) is 6.54 Å². The van der Waals surface area contributed by atoms with Gasteiger partial charge in [0.2, 0.25) is 11.8 Å². The molecule has 1 saturated heterocycles. The van der Waals surface area contributed by atoms with Gasteiger partial charge in [0.25, 0.3) is 0 Å². The zero-order valence-electron chi connectivity index (χ0n) is 15.0. The van der Waals surface area contributed by atoms with Crippen LogP contribution in [0.1, 0.15) is 16.7 Å². The molecule has 0 bridgehead atoms. The summed E-state index contributed by atoms with van der Waals surface area (Å²) in [6, 6.07) is 12.0. The van der Waals surface area contributed by atoms with Gasteiger partial charge in [-0.25, -0.2) is 9.69 Å². The molecule has 2 aromatic rings. The number of aryl methyl sites for hydroxylation is 3. The molecule has 1 heterocycles. The summed E-state index contributed by atoms with van der Waals surface area (Å²) in [6.45, 7) is 5.80. The van der Waals surface area contributed by atoms with Crippen LogP contribution >= 0.6 is 0 Å². The number of carbonyl (C=O) groups excluding carboxylic acids is 3. The highest BCUT2D eigenvalue weighted by molar-refractivity contribution is 6.23. The molecule has 134 valence electrons. The molecule has 6 heteroatoms. The number of hydrogen-bond donors (Lipinski definition) is 2. The van der Waals surface area contributed by atoms with E-state index in [0.717, 1.165) is 21.6 Å². The first-order valence-electron chi connectivity index (χ1n) is 8.44. The molecule has 0 aromatic heterocycles. The Morgan fingerprint density at radius 1 is 1.08 bits per heavy atom. The van der Waals surface area contributed by atoms with E-state index in [4.69, 9.17) is 0 Å². The summed E-state index contributed by atoms with van der Waals surface area (Å²) in [4.78, 5) is 38.7. The van der Waals surface area contributed by atoms with Crippen molar-refractivity contribution in [3.05, 3.63) is 59.2 Å². The fraction of sp³-hybridized carbons (Fsp3) is 0.250. The summed E-state index contributed by atoms with van der Waals surface area (Å²) >= 11 is 0. The number of carbonyl (C=O) groups is 3. The third kappa shape index (κ3) is 3.31. The average Bonchev–Trinajstić information content (AvgIpc) is 2.59. The Morgan fingerprint density at radius 2 is 1.69 bits per heavy atom. The van der Waals surface area contributed by atoms with Crippen molar-refractivity contribution in [2.45, 2.75) is 20.8 Å². The number of para-hydroxylation sites is 1. The lowest BCUT2D eigenvalue weighted by Crippen LogP contribution is -2.58. The number of rotatable bonds is 3. The Hall–Kier alpha value is -3.15. The molecule has 1 atom stereocenters. The van der Waals surface area contributed by atoms with Crippen molar-refractivity contribution in [3.63, 3.8) is 0 Å². The fourth-order valence-electron chi connectivity index (χ4n) is 3.23. The summed E-state index contributed by atoms with van der Waals surface area (Å²) in [5.41, 5.74) is 4.12. The Balaban J connectivity index is 1.84. The van der Waals surface area contributed by atoms with E-state index in [0.29, 0.717) is 11.4 Å². The van der Waals surface area contributed by atoms with Crippen LogP contribution in [0.2, 0.25) is 0 Å². The number of amides is 4. The Morgan fingerprint density at radius 3 is 2.31 bits per heavy atom. The molecule has 1 fully saturated rings. The Bertz CT molecular complexity index is 854. The first-order valence-corrected chi connectivity index (χ1v) is 8.44. The molecule has 6 nitrogen and oxygen atoms in total. The van der Waals surface area contributed by atoms with Gasteiger partial charge in [-0.1, -0.05) is 35.9 Å². The van der Waals surface area contributed by atoms with Crippen LogP contribution in [0.4, 0.5) is 16.2 Å². The molecule has 1 aliphatic rings. The molecule has 1 unspecified atom stereocenters. The van der Waals surface area contributed by atoms with Crippen LogP contribution in [0.5, 0.6) is 0 Å². The van der Waals surface area contributed by atoms with Crippen LogP contribution in [0, 0.1) is 26.7 Å². The number of nitrogens with one attached hydrogen (secondary N) is 2. The van der Waals surface area contributed by atoms with Crippen molar-refractivity contribution >= 4 is 29.2 Å². The number of imide groups is 1. The van der Waals surface area contributed by atoms with Crippen LogP contribution in [0.15, 0.2) is 42.5 Å². The molecular weight excluding hydrogens is 330 g/mol. The predicted molar refractivity (Wildman–Crippen MR) is 100 cm³/mol. The number of anilines is 2. The largest absolute Gasteiger partial charge is 0.336 e. The highest BCUT2D eigenvalue weighted by Crippen LogP contribution is 2.24. The fourth-order valence-corrected chi connectivity index (χ4v) is 3.23. The van der Waals surface area contributed by atoms with E-state index in [1.54, 1.807) is 30.3 Å². The number of benzene rings is 2. The third-order valence-electron chi connectivity index (χ3n) is 4.44. The molecular formula is C20H21N3O3. The molecule has 26 heavy (non-hydrogen) atoms. The summed E-state index contributed by atoms with van der Waals surface area (Å²) in [6.07, 6.45) is 0. The van der Waals surface area contributed by atoms with Gasteiger partial charge in [-0.3, -0.25) is 9.59 Å². The van der Waals surface area contributed by atoms with Gasteiger partial charge in [-0.15, -0.1) is 0 Å². The summed E-state index contributed by atoms with van der Waals surface area (Å²) in [5, 5.41) is 5.48. The molecule has 2 N–H and O–H groups in total. The van der Waals surface area contributed by atoms with Crippen LogP contribution in [-0.4, -0.2) is 24.4 Å². The molecule has 1 aliphatic heterocycles. The van der Waals surface area contributed by atoms with Crippen LogP contribution in [0.3, 0.4) is 0 Å². The first kappa shape index (κ1) is 17.7. The lowest BCUT2D eigenvalue weighted by molar-refractivity contribution is -0.130. The topological polar surface area (TPSA) is 78.5 Å². The van der Waals surface area contributed by atoms with Crippen molar-refractivity contribution in [2.24, 2.45) is 5.92 Å². The maximum absolute atomic E-state index is 12.8. The van der Waals surface area contributed by atoms with Gasteiger partial charge >= 0.3 is 6.03 Å². The summed E-state index contributed by atoms with van der Waals surface area (Å²) < 4.78 is 0. The zero-order valence-corrected chi connectivity index (χ0v) is 15.0. The lowest BCUT2D eigenvalue weighted by Gasteiger charge is -2.30.